The summed E-state index contributed by atoms with van der Waals surface area (Å²) < 4.78 is 5.49. The van der Waals surface area contributed by atoms with Crippen molar-refractivity contribution in [1.82, 2.24) is 5.32 Å². The molecule has 21 heavy (non-hydrogen) atoms. The van der Waals surface area contributed by atoms with Crippen LogP contribution in [0.15, 0.2) is 24.3 Å². The summed E-state index contributed by atoms with van der Waals surface area (Å²) in [4.78, 5) is 0. The zero-order valence-electron chi connectivity index (χ0n) is 13.3. The van der Waals surface area contributed by atoms with E-state index in [9.17, 15) is 5.11 Å². The highest BCUT2D eigenvalue weighted by atomic mass is 35.5. The molecule has 0 aromatic heterocycles. The molecule has 0 aliphatic heterocycles. The lowest BCUT2D eigenvalue weighted by Crippen LogP contribution is -2.32. The predicted octanol–water partition coefficient (Wildman–Crippen LogP) is 3.80. The van der Waals surface area contributed by atoms with Crippen LogP contribution >= 0.6 is 11.6 Å². The number of rotatable bonds is 10. The van der Waals surface area contributed by atoms with E-state index in [-0.39, 0.29) is 6.04 Å². The second-order valence-electron chi connectivity index (χ2n) is 5.92. The molecule has 1 aromatic rings. The van der Waals surface area contributed by atoms with Gasteiger partial charge in [-0.1, -0.05) is 43.6 Å². The van der Waals surface area contributed by atoms with Gasteiger partial charge in [0.1, 0.15) is 0 Å². The molecule has 1 aromatic carbocycles. The average Bonchev–Trinajstić information content (AvgIpc) is 2.44. The molecule has 0 amide bonds. The maximum absolute atomic E-state index is 9.90. The molecule has 0 spiro atoms. The Morgan fingerprint density at radius 3 is 2.62 bits per heavy atom. The van der Waals surface area contributed by atoms with Gasteiger partial charge in [-0.05, 0) is 37.3 Å². The average molecular weight is 314 g/mol. The van der Waals surface area contributed by atoms with Gasteiger partial charge in [-0.15, -0.1) is 0 Å². The van der Waals surface area contributed by atoms with Crippen molar-refractivity contribution in [3.8, 4) is 0 Å². The molecule has 0 saturated heterocycles. The van der Waals surface area contributed by atoms with Crippen LogP contribution in [0.3, 0.4) is 0 Å². The van der Waals surface area contributed by atoms with Crippen LogP contribution in [0, 0.1) is 5.92 Å². The van der Waals surface area contributed by atoms with Crippen molar-refractivity contribution in [3.63, 3.8) is 0 Å². The topological polar surface area (TPSA) is 41.5 Å². The van der Waals surface area contributed by atoms with Gasteiger partial charge in [-0.25, -0.2) is 0 Å². The van der Waals surface area contributed by atoms with Crippen LogP contribution in [0.2, 0.25) is 5.02 Å². The minimum atomic E-state index is -0.492. The largest absolute Gasteiger partial charge is 0.389 e. The SMILES string of the molecule is CC(C)CCCOCC(O)CNC(C)c1ccccc1Cl. The van der Waals surface area contributed by atoms with Gasteiger partial charge in [0.15, 0.2) is 0 Å². The summed E-state index contributed by atoms with van der Waals surface area (Å²) in [5, 5.41) is 13.9. The Bertz CT molecular complexity index is 398. The molecule has 120 valence electrons. The summed E-state index contributed by atoms with van der Waals surface area (Å²) in [6.07, 6.45) is 1.72. The van der Waals surface area contributed by atoms with Gasteiger partial charge in [0.2, 0.25) is 0 Å². The van der Waals surface area contributed by atoms with E-state index in [1.807, 2.05) is 31.2 Å². The number of halogens is 1. The minimum Gasteiger partial charge on any atom is -0.389 e. The van der Waals surface area contributed by atoms with Crippen LogP contribution in [0.5, 0.6) is 0 Å². The monoisotopic (exact) mass is 313 g/mol. The van der Waals surface area contributed by atoms with Crippen molar-refractivity contribution >= 4 is 11.6 Å². The fourth-order valence-electron chi connectivity index (χ4n) is 2.12. The maximum atomic E-state index is 9.90. The van der Waals surface area contributed by atoms with Gasteiger partial charge in [0.25, 0.3) is 0 Å². The molecule has 0 bridgehead atoms. The normalized spacial score (nSPS) is 14.4. The molecule has 0 heterocycles. The molecule has 2 unspecified atom stereocenters. The van der Waals surface area contributed by atoms with Crippen LogP contribution in [0.4, 0.5) is 0 Å². The number of nitrogens with one attached hydrogen (secondary N) is 1. The lowest BCUT2D eigenvalue weighted by atomic mass is 10.1. The molecule has 0 radical (unpaired) electrons. The molecule has 3 nitrogen and oxygen atoms in total. The zero-order chi connectivity index (χ0) is 15.7. The highest BCUT2D eigenvalue weighted by molar-refractivity contribution is 6.31. The molecular formula is C17H28ClNO2. The first-order chi connectivity index (χ1) is 10.0. The van der Waals surface area contributed by atoms with E-state index in [0.717, 1.165) is 30.0 Å². The standard InChI is InChI=1S/C17H28ClNO2/c1-13(2)7-6-10-21-12-15(20)11-19-14(3)16-8-4-5-9-17(16)18/h4-5,8-9,13-15,19-20H,6-7,10-12H2,1-3H3. The molecule has 0 saturated carbocycles. The Labute approximate surface area is 133 Å². The van der Waals surface area contributed by atoms with E-state index in [2.05, 4.69) is 19.2 Å². The second-order valence-corrected chi connectivity index (χ2v) is 6.32. The summed E-state index contributed by atoms with van der Waals surface area (Å²) in [5.41, 5.74) is 1.05. The van der Waals surface area contributed by atoms with Gasteiger partial charge < -0.3 is 15.2 Å². The van der Waals surface area contributed by atoms with E-state index in [1.54, 1.807) is 0 Å². The van der Waals surface area contributed by atoms with Crippen LogP contribution in [0.1, 0.15) is 45.2 Å². The summed E-state index contributed by atoms with van der Waals surface area (Å²) in [6.45, 7) is 8.04. The number of aliphatic hydroxyl groups is 1. The minimum absolute atomic E-state index is 0.106. The van der Waals surface area contributed by atoms with E-state index >= 15 is 0 Å². The van der Waals surface area contributed by atoms with Gasteiger partial charge in [0, 0.05) is 24.2 Å². The predicted molar refractivity (Wildman–Crippen MR) is 88.8 cm³/mol. The molecular weight excluding hydrogens is 286 g/mol. The summed E-state index contributed by atoms with van der Waals surface area (Å²) in [7, 11) is 0. The first kappa shape index (κ1) is 18.4. The van der Waals surface area contributed by atoms with Gasteiger partial charge in [-0.3, -0.25) is 0 Å². The van der Waals surface area contributed by atoms with Crippen LogP contribution in [-0.2, 0) is 4.74 Å². The Morgan fingerprint density at radius 2 is 1.95 bits per heavy atom. The van der Waals surface area contributed by atoms with Crippen molar-refractivity contribution in [1.29, 1.82) is 0 Å². The molecule has 0 fully saturated rings. The van der Waals surface area contributed by atoms with Crippen molar-refractivity contribution in [2.75, 3.05) is 19.8 Å². The molecule has 2 atom stereocenters. The maximum Gasteiger partial charge on any atom is 0.0897 e. The Balaban J connectivity index is 2.18. The fourth-order valence-corrected chi connectivity index (χ4v) is 2.42. The molecule has 2 N–H and O–H groups in total. The fraction of sp³-hybridized carbons (Fsp3) is 0.647. The first-order valence-corrected chi connectivity index (χ1v) is 8.12. The van der Waals surface area contributed by atoms with Gasteiger partial charge in [0.05, 0.1) is 12.7 Å². The van der Waals surface area contributed by atoms with Crippen molar-refractivity contribution < 1.29 is 9.84 Å². The Kier molecular flexibility index (Phi) is 8.93. The van der Waals surface area contributed by atoms with Crippen LogP contribution < -0.4 is 5.32 Å². The summed E-state index contributed by atoms with van der Waals surface area (Å²) >= 11 is 6.15. The smallest absolute Gasteiger partial charge is 0.0897 e. The third-order valence-electron chi connectivity index (χ3n) is 3.41. The third kappa shape index (κ3) is 7.82. The quantitative estimate of drug-likeness (QED) is 0.645. The molecule has 0 aliphatic carbocycles. The molecule has 4 heteroatoms. The number of aliphatic hydroxyl groups excluding tert-OH is 1. The first-order valence-electron chi connectivity index (χ1n) is 7.74. The van der Waals surface area contributed by atoms with Gasteiger partial charge in [-0.2, -0.15) is 0 Å². The Hall–Kier alpha value is -0.610. The molecule has 1 rings (SSSR count). The van der Waals surface area contributed by atoms with Crippen LogP contribution in [-0.4, -0.2) is 31.0 Å². The van der Waals surface area contributed by atoms with Crippen molar-refractivity contribution in [2.45, 2.75) is 45.8 Å². The lowest BCUT2D eigenvalue weighted by Gasteiger charge is -2.18. The lowest BCUT2D eigenvalue weighted by molar-refractivity contribution is 0.0337. The number of hydrogen-bond donors (Lipinski definition) is 2. The van der Waals surface area contributed by atoms with E-state index < -0.39 is 6.10 Å². The second kappa shape index (κ2) is 10.2. The Morgan fingerprint density at radius 1 is 1.24 bits per heavy atom. The van der Waals surface area contributed by atoms with Crippen molar-refractivity contribution in [3.05, 3.63) is 34.9 Å². The van der Waals surface area contributed by atoms with E-state index in [1.165, 1.54) is 0 Å². The number of ether oxygens (including phenoxy) is 1. The van der Waals surface area contributed by atoms with E-state index in [0.29, 0.717) is 19.1 Å². The van der Waals surface area contributed by atoms with Crippen LogP contribution in [0.25, 0.3) is 0 Å². The summed E-state index contributed by atoms with van der Waals surface area (Å²) in [6, 6.07) is 7.86. The highest BCUT2D eigenvalue weighted by Crippen LogP contribution is 2.21. The molecule has 0 aliphatic rings. The highest BCUT2D eigenvalue weighted by Gasteiger charge is 2.11. The van der Waals surface area contributed by atoms with Crippen molar-refractivity contribution in [2.24, 2.45) is 5.92 Å². The van der Waals surface area contributed by atoms with E-state index in [4.69, 9.17) is 16.3 Å². The summed E-state index contributed by atoms with van der Waals surface area (Å²) in [5.74, 6) is 0.705. The third-order valence-corrected chi connectivity index (χ3v) is 3.76. The van der Waals surface area contributed by atoms with Gasteiger partial charge >= 0.3 is 0 Å². The zero-order valence-corrected chi connectivity index (χ0v) is 14.1. The number of benzene rings is 1. The number of hydrogen-bond acceptors (Lipinski definition) is 3.